The van der Waals surface area contributed by atoms with Crippen molar-refractivity contribution >= 4 is 23.5 Å². The van der Waals surface area contributed by atoms with E-state index in [1.54, 1.807) is 43.5 Å². The van der Waals surface area contributed by atoms with Gasteiger partial charge in [0.1, 0.15) is 17.2 Å². The second-order valence-electron chi connectivity index (χ2n) is 9.16. The number of carboxylic acid groups (broad SMARTS) is 1. The van der Waals surface area contributed by atoms with E-state index in [9.17, 15) is 14.7 Å². The average molecular weight is 547 g/mol. The van der Waals surface area contributed by atoms with E-state index in [4.69, 9.17) is 25.8 Å². The molecule has 2 N–H and O–H groups in total. The summed E-state index contributed by atoms with van der Waals surface area (Å²) in [5.74, 6) is 0.670. The molecule has 0 radical (unpaired) electrons. The predicted octanol–water partition coefficient (Wildman–Crippen LogP) is 2.45. The first-order chi connectivity index (χ1) is 17.9. The predicted molar refractivity (Wildman–Crippen MR) is 138 cm³/mol. The SMILES string of the molecule is COc1nc(C2CC2)ccc1CCNC(=O)c1ccc(Oc2cc3c(cc2Cl)C(C(=O)O)CCO3)cc1.[H-].[Na+]. The number of carboxylic acids is 1. The molecule has 1 saturated carbocycles. The number of hydrogen-bond acceptors (Lipinski definition) is 6. The van der Waals surface area contributed by atoms with Gasteiger partial charge in [0.15, 0.2) is 0 Å². The molecule has 1 aromatic heterocycles. The molecule has 1 aliphatic carbocycles. The zero-order chi connectivity index (χ0) is 25.9. The first kappa shape index (κ1) is 28.2. The average Bonchev–Trinajstić information content (AvgIpc) is 3.75. The van der Waals surface area contributed by atoms with E-state index in [0.717, 1.165) is 11.3 Å². The third-order valence-corrected chi connectivity index (χ3v) is 6.87. The van der Waals surface area contributed by atoms with Crippen LogP contribution >= 0.6 is 11.6 Å². The van der Waals surface area contributed by atoms with Gasteiger partial charge >= 0.3 is 35.5 Å². The number of carbonyl (C=O) groups is 2. The number of methoxy groups -OCH3 is 1. The molecule has 1 amide bonds. The number of hydrogen-bond donors (Lipinski definition) is 2. The van der Waals surface area contributed by atoms with Crippen LogP contribution in [0, 0.1) is 0 Å². The fourth-order valence-electron chi connectivity index (χ4n) is 4.40. The van der Waals surface area contributed by atoms with Crippen molar-refractivity contribution in [2.75, 3.05) is 20.3 Å². The maximum atomic E-state index is 12.6. The normalized spacial score (nSPS) is 15.9. The Balaban J connectivity index is 0.00000210. The summed E-state index contributed by atoms with van der Waals surface area (Å²) in [5.41, 5.74) is 3.05. The van der Waals surface area contributed by atoms with Gasteiger partial charge in [-0.1, -0.05) is 17.7 Å². The van der Waals surface area contributed by atoms with Crippen LogP contribution in [0.1, 0.15) is 59.7 Å². The third-order valence-electron chi connectivity index (χ3n) is 6.58. The summed E-state index contributed by atoms with van der Waals surface area (Å²) in [6, 6.07) is 13.9. The molecule has 8 nitrogen and oxygen atoms in total. The molecule has 0 bridgehead atoms. The molecule has 1 aliphatic heterocycles. The number of carbonyl (C=O) groups excluding carboxylic acids is 1. The Bertz CT molecular complexity index is 1340. The smallest absolute Gasteiger partial charge is 1.00 e. The molecule has 38 heavy (non-hydrogen) atoms. The summed E-state index contributed by atoms with van der Waals surface area (Å²) in [5, 5.41) is 12.7. The molecule has 10 heteroatoms. The molecule has 2 heterocycles. The monoisotopic (exact) mass is 546 g/mol. The Morgan fingerprint density at radius 3 is 2.61 bits per heavy atom. The molecule has 1 atom stereocenters. The Morgan fingerprint density at radius 1 is 1.16 bits per heavy atom. The van der Waals surface area contributed by atoms with Crippen molar-refractivity contribution in [1.29, 1.82) is 0 Å². The minimum Gasteiger partial charge on any atom is -1.00 e. The number of rotatable bonds is 9. The largest absolute Gasteiger partial charge is 1.00 e. The second-order valence-corrected chi connectivity index (χ2v) is 9.57. The third kappa shape index (κ3) is 6.43. The maximum Gasteiger partial charge on any atom is 1.00 e. The van der Waals surface area contributed by atoms with Crippen LogP contribution < -0.4 is 49.1 Å². The molecule has 194 valence electrons. The summed E-state index contributed by atoms with van der Waals surface area (Å²) in [6.45, 7) is 0.754. The minimum absolute atomic E-state index is 0. The molecule has 0 saturated heterocycles. The van der Waals surface area contributed by atoms with E-state index in [1.165, 1.54) is 12.8 Å². The number of benzene rings is 2. The summed E-state index contributed by atoms with van der Waals surface area (Å²) >= 11 is 6.37. The Hall–Kier alpha value is -2.78. The van der Waals surface area contributed by atoms with Crippen LogP contribution in [0.4, 0.5) is 0 Å². The number of nitrogens with zero attached hydrogens (tertiary/aromatic N) is 1. The summed E-state index contributed by atoms with van der Waals surface area (Å²) in [7, 11) is 1.61. The van der Waals surface area contributed by atoms with Crippen LogP contribution in [0.2, 0.25) is 5.02 Å². The van der Waals surface area contributed by atoms with Gasteiger partial charge in [0.05, 0.1) is 24.7 Å². The van der Waals surface area contributed by atoms with E-state index >= 15 is 0 Å². The number of pyridine rings is 1. The van der Waals surface area contributed by atoms with Gasteiger partial charge in [0, 0.05) is 40.9 Å². The van der Waals surface area contributed by atoms with Crippen molar-refractivity contribution in [3.8, 4) is 23.1 Å². The van der Waals surface area contributed by atoms with Crippen molar-refractivity contribution in [2.24, 2.45) is 0 Å². The van der Waals surface area contributed by atoms with Crippen LogP contribution in [-0.2, 0) is 11.2 Å². The van der Waals surface area contributed by atoms with Gasteiger partial charge in [0.25, 0.3) is 5.91 Å². The molecule has 1 fully saturated rings. The first-order valence-corrected chi connectivity index (χ1v) is 12.6. The number of fused-ring (bicyclic) bond motifs is 1. The van der Waals surface area contributed by atoms with Crippen molar-refractivity contribution < 1.29 is 59.9 Å². The number of aromatic nitrogens is 1. The summed E-state index contributed by atoms with van der Waals surface area (Å²) in [6.07, 6.45) is 3.35. The molecular weight excluding hydrogens is 519 g/mol. The molecule has 2 aliphatic rings. The molecule has 1 unspecified atom stereocenters. The van der Waals surface area contributed by atoms with Gasteiger partial charge in [-0.2, -0.15) is 0 Å². The van der Waals surface area contributed by atoms with Crippen molar-refractivity contribution in [3.05, 3.63) is 75.9 Å². The van der Waals surface area contributed by atoms with Crippen molar-refractivity contribution in [2.45, 2.75) is 37.5 Å². The summed E-state index contributed by atoms with van der Waals surface area (Å²) < 4.78 is 17.0. The van der Waals surface area contributed by atoms with Crippen LogP contribution in [0.25, 0.3) is 0 Å². The van der Waals surface area contributed by atoms with E-state index in [2.05, 4.69) is 10.3 Å². The van der Waals surface area contributed by atoms with Crippen molar-refractivity contribution in [3.63, 3.8) is 0 Å². The van der Waals surface area contributed by atoms with Crippen LogP contribution in [-0.4, -0.2) is 42.2 Å². The zero-order valence-corrected chi connectivity index (χ0v) is 24.1. The standard InChI is InChI=1S/C28H27ClN2O6.Na.H/c1-35-27-18(6-9-23(31-27)16-2-3-16)10-12-30-26(32)17-4-7-19(8-5-17)37-25-15-24-21(14-22(25)29)20(28(33)34)11-13-36-24;;/h4-9,14-16,20H,2-3,10-13H2,1H3,(H,30,32)(H,33,34);;/q;+1;-1. The van der Waals surface area contributed by atoms with Crippen molar-refractivity contribution in [1.82, 2.24) is 10.3 Å². The number of nitrogens with one attached hydrogen (secondary N) is 1. The Morgan fingerprint density at radius 2 is 1.92 bits per heavy atom. The Kier molecular flexibility index (Phi) is 9.20. The van der Waals surface area contributed by atoms with Crippen LogP contribution in [0.3, 0.4) is 0 Å². The van der Waals surface area contributed by atoms with E-state index in [-0.39, 0.29) is 41.9 Å². The van der Waals surface area contributed by atoms with Gasteiger partial charge in [-0.3, -0.25) is 9.59 Å². The van der Waals surface area contributed by atoms with E-state index in [1.807, 2.05) is 12.1 Å². The molecule has 0 spiro atoms. The molecule has 5 rings (SSSR count). The fourth-order valence-corrected chi connectivity index (χ4v) is 4.61. The summed E-state index contributed by atoms with van der Waals surface area (Å²) in [4.78, 5) is 28.8. The fraction of sp³-hybridized carbons (Fsp3) is 0.321. The number of halogens is 1. The second kappa shape index (κ2) is 12.4. The molecule has 3 aromatic rings. The van der Waals surface area contributed by atoms with Gasteiger partial charge < -0.3 is 26.1 Å². The molecular formula is C28H28ClN2NaO6. The minimum atomic E-state index is -0.912. The first-order valence-electron chi connectivity index (χ1n) is 12.2. The zero-order valence-electron chi connectivity index (χ0n) is 22.3. The topological polar surface area (TPSA) is 107 Å². The van der Waals surface area contributed by atoms with Gasteiger partial charge in [-0.15, -0.1) is 0 Å². The maximum absolute atomic E-state index is 12.6. The molecule has 2 aromatic carbocycles. The number of amides is 1. The number of ether oxygens (including phenoxy) is 3. The Labute approximate surface area is 249 Å². The van der Waals surface area contributed by atoms with E-state index < -0.39 is 11.9 Å². The number of aliphatic carboxylic acids is 1. The van der Waals surface area contributed by atoms with Gasteiger partial charge in [-0.25, -0.2) is 4.98 Å². The van der Waals surface area contributed by atoms with Gasteiger partial charge in [-0.05, 0) is 62.1 Å². The van der Waals surface area contributed by atoms with Crippen LogP contribution in [0.15, 0.2) is 48.5 Å². The van der Waals surface area contributed by atoms with Crippen LogP contribution in [0.5, 0.6) is 23.1 Å². The van der Waals surface area contributed by atoms with E-state index in [0.29, 0.717) is 66.2 Å². The quantitative estimate of drug-likeness (QED) is 0.397. The van der Waals surface area contributed by atoms with Gasteiger partial charge in [0.2, 0.25) is 5.88 Å².